The van der Waals surface area contributed by atoms with Crippen LogP contribution in [0.25, 0.3) is 0 Å². The summed E-state index contributed by atoms with van der Waals surface area (Å²) < 4.78 is 0. The SMILES string of the molecule is C=C[C@H](c1ccc(C)s1)N1CCNCC1. The summed E-state index contributed by atoms with van der Waals surface area (Å²) in [6.07, 6.45) is 2.07. The molecule has 1 aliphatic heterocycles. The predicted octanol–water partition coefficient (Wildman–Crippen LogP) is 2.19. The van der Waals surface area contributed by atoms with Gasteiger partial charge in [0.05, 0.1) is 6.04 Å². The summed E-state index contributed by atoms with van der Waals surface area (Å²) in [7, 11) is 0. The highest BCUT2D eigenvalue weighted by atomic mass is 32.1. The van der Waals surface area contributed by atoms with Crippen molar-refractivity contribution in [1.29, 1.82) is 0 Å². The minimum absolute atomic E-state index is 0.408. The van der Waals surface area contributed by atoms with Gasteiger partial charge in [0.25, 0.3) is 0 Å². The molecule has 1 atom stereocenters. The molecule has 82 valence electrons. The Morgan fingerprint density at radius 1 is 1.47 bits per heavy atom. The van der Waals surface area contributed by atoms with Crippen LogP contribution >= 0.6 is 11.3 Å². The van der Waals surface area contributed by atoms with E-state index in [4.69, 9.17) is 0 Å². The van der Waals surface area contributed by atoms with Crippen LogP contribution in [0.1, 0.15) is 15.8 Å². The molecule has 0 radical (unpaired) electrons. The lowest BCUT2D eigenvalue weighted by molar-refractivity contribution is 0.206. The van der Waals surface area contributed by atoms with Crippen molar-refractivity contribution in [3.63, 3.8) is 0 Å². The number of hydrogen-bond acceptors (Lipinski definition) is 3. The van der Waals surface area contributed by atoms with Gasteiger partial charge in [0.15, 0.2) is 0 Å². The zero-order valence-corrected chi connectivity index (χ0v) is 10.0. The molecular weight excluding hydrogens is 204 g/mol. The van der Waals surface area contributed by atoms with Gasteiger partial charge in [0.2, 0.25) is 0 Å². The fourth-order valence-electron chi connectivity index (χ4n) is 2.02. The van der Waals surface area contributed by atoms with E-state index in [9.17, 15) is 0 Å². The Morgan fingerprint density at radius 3 is 2.73 bits per heavy atom. The Hall–Kier alpha value is -0.640. The van der Waals surface area contributed by atoms with E-state index in [0.29, 0.717) is 6.04 Å². The molecular formula is C12H18N2S. The van der Waals surface area contributed by atoms with Crippen LogP contribution < -0.4 is 5.32 Å². The zero-order chi connectivity index (χ0) is 10.7. The molecule has 2 heterocycles. The van der Waals surface area contributed by atoms with Gasteiger partial charge in [-0.25, -0.2) is 0 Å². The molecule has 0 aromatic carbocycles. The number of hydrogen-bond donors (Lipinski definition) is 1. The summed E-state index contributed by atoms with van der Waals surface area (Å²) in [6.45, 7) is 10.5. The molecule has 3 heteroatoms. The molecule has 1 fully saturated rings. The first-order valence-electron chi connectivity index (χ1n) is 5.45. The quantitative estimate of drug-likeness (QED) is 0.789. The number of aryl methyl sites for hydroxylation is 1. The molecule has 0 spiro atoms. The van der Waals surface area contributed by atoms with E-state index < -0.39 is 0 Å². The average molecular weight is 222 g/mol. The highest BCUT2D eigenvalue weighted by Crippen LogP contribution is 2.28. The van der Waals surface area contributed by atoms with E-state index in [-0.39, 0.29) is 0 Å². The van der Waals surface area contributed by atoms with Gasteiger partial charge in [-0.15, -0.1) is 17.9 Å². The second-order valence-electron chi connectivity index (χ2n) is 3.91. The predicted molar refractivity (Wildman–Crippen MR) is 66.4 cm³/mol. The lowest BCUT2D eigenvalue weighted by Crippen LogP contribution is -2.44. The molecule has 1 aromatic heterocycles. The van der Waals surface area contributed by atoms with E-state index >= 15 is 0 Å². The summed E-state index contributed by atoms with van der Waals surface area (Å²) in [5.41, 5.74) is 0. The largest absolute Gasteiger partial charge is 0.314 e. The van der Waals surface area contributed by atoms with Crippen LogP contribution in [0.15, 0.2) is 24.8 Å². The molecule has 0 aliphatic carbocycles. The van der Waals surface area contributed by atoms with Crippen molar-refractivity contribution >= 4 is 11.3 Å². The van der Waals surface area contributed by atoms with E-state index in [0.717, 1.165) is 26.2 Å². The van der Waals surface area contributed by atoms with Crippen LogP contribution in [0, 0.1) is 6.92 Å². The topological polar surface area (TPSA) is 15.3 Å². The minimum atomic E-state index is 0.408. The van der Waals surface area contributed by atoms with E-state index in [1.54, 1.807) is 0 Å². The second kappa shape index (κ2) is 4.92. The summed E-state index contributed by atoms with van der Waals surface area (Å²) in [6, 6.07) is 4.83. The van der Waals surface area contributed by atoms with Gasteiger partial charge in [-0.3, -0.25) is 4.90 Å². The number of nitrogens with one attached hydrogen (secondary N) is 1. The maximum Gasteiger partial charge on any atom is 0.0624 e. The monoisotopic (exact) mass is 222 g/mol. The van der Waals surface area contributed by atoms with Crippen molar-refractivity contribution in [3.8, 4) is 0 Å². The van der Waals surface area contributed by atoms with Gasteiger partial charge in [0, 0.05) is 35.9 Å². The van der Waals surface area contributed by atoms with Gasteiger partial charge in [0.1, 0.15) is 0 Å². The van der Waals surface area contributed by atoms with Crippen LogP contribution in [-0.4, -0.2) is 31.1 Å². The Kier molecular flexibility index (Phi) is 3.57. The molecule has 1 N–H and O–H groups in total. The number of rotatable bonds is 3. The molecule has 2 rings (SSSR count). The van der Waals surface area contributed by atoms with Gasteiger partial charge in [-0.1, -0.05) is 6.08 Å². The maximum atomic E-state index is 3.97. The highest BCUT2D eigenvalue weighted by molar-refractivity contribution is 7.12. The van der Waals surface area contributed by atoms with Gasteiger partial charge in [-0.05, 0) is 19.1 Å². The number of piperazine rings is 1. The van der Waals surface area contributed by atoms with Crippen molar-refractivity contribution in [1.82, 2.24) is 10.2 Å². The van der Waals surface area contributed by atoms with Crippen molar-refractivity contribution in [2.75, 3.05) is 26.2 Å². The highest BCUT2D eigenvalue weighted by Gasteiger charge is 2.20. The number of nitrogens with zero attached hydrogens (tertiary/aromatic N) is 1. The van der Waals surface area contributed by atoms with Gasteiger partial charge < -0.3 is 5.32 Å². The van der Waals surface area contributed by atoms with Crippen molar-refractivity contribution in [2.45, 2.75) is 13.0 Å². The molecule has 2 nitrogen and oxygen atoms in total. The van der Waals surface area contributed by atoms with E-state index in [1.165, 1.54) is 9.75 Å². The second-order valence-corrected chi connectivity index (χ2v) is 5.23. The molecule has 0 unspecified atom stereocenters. The number of thiophene rings is 1. The third kappa shape index (κ3) is 2.48. The summed E-state index contributed by atoms with van der Waals surface area (Å²) in [5, 5.41) is 3.38. The summed E-state index contributed by atoms with van der Waals surface area (Å²) in [4.78, 5) is 5.30. The van der Waals surface area contributed by atoms with Crippen molar-refractivity contribution < 1.29 is 0 Å². The first kappa shape index (κ1) is 10.9. The van der Waals surface area contributed by atoms with Crippen LogP contribution in [-0.2, 0) is 0 Å². The lowest BCUT2D eigenvalue weighted by atomic mass is 10.2. The average Bonchev–Trinajstić information content (AvgIpc) is 2.68. The van der Waals surface area contributed by atoms with Crippen LogP contribution in [0.4, 0.5) is 0 Å². The molecule has 1 aromatic rings. The molecule has 0 saturated carbocycles. The normalized spacial score (nSPS) is 20.1. The van der Waals surface area contributed by atoms with E-state index in [2.05, 4.69) is 41.9 Å². The Balaban J connectivity index is 2.12. The smallest absolute Gasteiger partial charge is 0.0624 e. The molecule has 1 aliphatic rings. The minimum Gasteiger partial charge on any atom is -0.314 e. The Labute approximate surface area is 95.6 Å². The van der Waals surface area contributed by atoms with Gasteiger partial charge in [-0.2, -0.15) is 0 Å². The van der Waals surface area contributed by atoms with Gasteiger partial charge >= 0.3 is 0 Å². The molecule has 0 bridgehead atoms. The Bertz CT molecular complexity index is 326. The molecule has 0 amide bonds. The van der Waals surface area contributed by atoms with Crippen molar-refractivity contribution in [3.05, 3.63) is 34.5 Å². The summed E-state index contributed by atoms with van der Waals surface area (Å²) in [5.74, 6) is 0. The maximum absolute atomic E-state index is 3.97. The molecule has 1 saturated heterocycles. The Morgan fingerprint density at radius 2 is 2.20 bits per heavy atom. The first-order valence-corrected chi connectivity index (χ1v) is 6.26. The van der Waals surface area contributed by atoms with Crippen LogP contribution in [0.3, 0.4) is 0 Å². The fourth-order valence-corrected chi connectivity index (χ4v) is 3.03. The fraction of sp³-hybridized carbons (Fsp3) is 0.500. The lowest BCUT2D eigenvalue weighted by Gasteiger charge is -2.32. The first-order chi connectivity index (χ1) is 7.31. The van der Waals surface area contributed by atoms with Crippen molar-refractivity contribution in [2.24, 2.45) is 0 Å². The third-order valence-corrected chi connectivity index (χ3v) is 3.89. The standard InChI is InChI=1S/C12H18N2S/c1-3-11(12-5-4-10(2)15-12)14-8-6-13-7-9-14/h3-5,11,13H,1,6-9H2,2H3/t11-/m1/s1. The molecule has 15 heavy (non-hydrogen) atoms. The zero-order valence-electron chi connectivity index (χ0n) is 9.20. The van der Waals surface area contributed by atoms with E-state index in [1.807, 2.05) is 11.3 Å². The third-order valence-electron chi connectivity index (χ3n) is 2.82. The van der Waals surface area contributed by atoms with Crippen LogP contribution in [0.2, 0.25) is 0 Å². The summed E-state index contributed by atoms with van der Waals surface area (Å²) >= 11 is 1.88. The van der Waals surface area contributed by atoms with Crippen LogP contribution in [0.5, 0.6) is 0 Å².